The Kier molecular flexibility index (Phi) is 10.8. The van der Waals surface area contributed by atoms with Crippen LogP contribution >= 0.6 is 0 Å². The average molecular weight is 274 g/mol. The van der Waals surface area contributed by atoms with Gasteiger partial charge in [0.15, 0.2) is 0 Å². The van der Waals surface area contributed by atoms with Gasteiger partial charge in [0.1, 0.15) is 0 Å². The maximum Gasteiger partial charge on any atom is 0.222 e. The molecule has 5 nitrogen and oxygen atoms in total. The van der Waals surface area contributed by atoms with E-state index in [1.54, 1.807) is 11.9 Å². The second kappa shape index (κ2) is 11.2. The maximum absolute atomic E-state index is 11.9. The van der Waals surface area contributed by atoms with Gasteiger partial charge in [0.2, 0.25) is 5.91 Å². The van der Waals surface area contributed by atoms with Crippen LogP contribution in [-0.2, 0) is 9.53 Å². The number of rotatable bonds is 11. The Bertz CT molecular complexity index is 231. The van der Waals surface area contributed by atoms with E-state index < -0.39 is 6.10 Å². The Balaban J connectivity index is 3.99. The van der Waals surface area contributed by atoms with Gasteiger partial charge in [-0.05, 0) is 25.3 Å². The van der Waals surface area contributed by atoms with Crippen molar-refractivity contribution in [2.45, 2.75) is 45.1 Å². The van der Waals surface area contributed by atoms with Crippen LogP contribution in [0.3, 0.4) is 0 Å². The Morgan fingerprint density at radius 1 is 1.37 bits per heavy atom. The van der Waals surface area contributed by atoms with Crippen LogP contribution in [0.15, 0.2) is 0 Å². The van der Waals surface area contributed by atoms with Crippen LogP contribution in [0.2, 0.25) is 0 Å². The largest absolute Gasteiger partial charge is 0.389 e. The van der Waals surface area contributed by atoms with Crippen molar-refractivity contribution < 1.29 is 14.6 Å². The normalized spacial score (nSPS) is 14.2. The second-order valence-corrected chi connectivity index (χ2v) is 5.15. The molecule has 19 heavy (non-hydrogen) atoms. The molecule has 3 N–H and O–H groups in total. The first-order valence-corrected chi connectivity index (χ1v) is 7.16. The first-order valence-electron chi connectivity index (χ1n) is 7.16. The molecule has 0 spiro atoms. The first kappa shape index (κ1) is 18.4. The van der Waals surface area contributed by atoms with E-state index in [4.69, 9.17) is 10.5 Å². The van der Waals surface area contributed by atoms with Gasteiger partial charge >= 0.3 is 0 Å². The van der Waals surface area contributed by atoms with E-state index in [1.807, 2.05) is 0 Å². The molecule has 2 atom stereocenters. The highest BCUT2D eigenvalue weighted by Crippen LogP contribution is 2.17. The van der Waals surface area contributed by atoms with Crippen LogP contribution in [0.5, 0.6) is 0 Å². The Morgan fingerprint density at radius 2 is 2.05 bits per heavy atom. The van der Waals surface area contributed by atoms with Gasteiger partial charge in [0.05, 0.1) is 12.7 Å². The molecule has 0 aliphatic carbocycles. The van der Waals surface area contributed by atoms with Gasteiger partial charge in [-0.1, -0.05) is 19.8 Å². The minimum Gasteiger partial charge on any atom is -0.389 e. The van der Waals surface area contributed by atoms with Crippen molar-refractivity contribution >= 4 is 5.91 Å². The van der Waals surface area contributed by atoms with E-state index >= 15 is 0 Å². The lowest BCUT2D eigenvalue weighted by Crippen LogP contribution is -2.36. The summed E-state index contributed by atoms with van der Waals surface area (Å²) in [6.07, 6.45) is 4.03. The number of hydrogen-bond donors (Lipinski definition) is 2. The van der Waals surface area contributed by atoms with Gasteiger partial charge in [-0.3, -0.25) is 4.79 Å². The Hall–Kier alpha value is -0.650. The van der Waals surface area contributed by atoms with Crippen LogP contribution < -0.4 is 5.73 Å². The standard InChI is InChI=1S/C14H30N2O3/c1-4-5-12(8-9-15)6-7-14(18)16(2)10-13(17)11-19-3/h12-13,17H,4-11,15H2,1-3H3. The fourth-order valence-electron chi connectivity index (χ4n) is 2.26. The van der Waals surface area contributed by atoms with Crippen molar-refractivity contribution in [3.8, 4) is 0 Å². The molecule has 114 valence electrons. The van der Waals surface area contributed by atoms with Crippen molar-refractivity contribution in [2.24, 2.45) is 11.7 Å². The Labute approximate surface area is 117 Å². The number of aliphatic hydroxyl groups is 1. The molecule has 0 aliphatic heterocycles. The van der Waals surface area contributed by atoms with Crippen LogP contribution in [0.25, 0.3) is 0 Å². The van der Waals surface area contributed by atoms with Gasteiger partial charge in [0.25, 0.3) is 0 Å². The molecule has 0 aromatic rings. The summed E-state index contributed by atoms with van der Waals surface area (Å²) in [6, 6.07) is 0. The lowest BCUT2D eigenvalue weighted by atomic mass is 9.94. The number of nitrogens with two attached hydrogens (primary N) is 1. The monoisotopic (exact) mass is 274 g/mol. The summed E-state index contributed by atoms with van der Waals surface area (Å²) >= 11 is 0. The minimum atomic E-state index is -0.616. The highest BCUT2D eigenvalue weighted by atomic mass is 16.5. The van der Waals surface area contributed by atoms with E-state index in [1.165, 1.54) is 7.11 Å². The molecule has 0 saturated carbocycles. The zero-order chi connectivity index (χ0) is 14.7. The smallest absolute Gasteiger partial charge is 0.222 e. The number of likely N-dealkylation sites (N-methyl/N-ethyl adjacent to an activating group) is 1. The molecule has 0 fully saturated rings. The third kappa shape index (κ3) is 8.97. The highest BCUT2D eigenvalue weighted by molar-refractivity contribution is 5.75. The predicted molar refractivity (Wildman–Crippen MR) is 76.8 cm³/mol. The number of carbonyl (C=O) groups excluding carboxylic acids is 1. The summed E-state index contributed by atoms with van der Waals surface area (Å²) in [6.45, 7) is 3.41. The fraction of sp³-hybridized carbons (Fsp3) is 0.929. The summed E-state index contributed by atoms with van der Waals surface area (Å²) in [5, 5.41) is 9.58. The van der Waals surface area contributed by atoms with Crippen molar-refractivity contribution in [2.75, 3.05) is 33.9 Å². The van der Waals surface area contributed by atoms with E-state index in [2.05, 4.69) is 6.92 Å². The zero-order valence-electron chi connectivity index (χ0n) is 12.6. The van der Waals surface area contributed by atoms with Crippen LogP contribution in [0.4, 0.5) is 0 Å². The van der Waals surface area contributed by atoms with E-state index in [0.29, 0.717) is 25.4 Å². The molecule has 2 unspecified atom stereocenters. The minimum absolute atomic E-state index is 0.0771. The quantitative estimate of drug-likeness (QED) is 0.589. The molecule has 5 heteroatoms. The number of ether oxygens (including phenoxy) is 1. The summed E-state index contributed by atoms with van der Waals surface area (Å²) in [7, 11) is 3.26. The molecule has 0 aliphatic rings. The predicted octanol–water partition coefficient (Wildman–Crippen LogP) is 0.997. The highest BCUT2D eigenvalue weighted by Gasteiger charge is 2.15. The van der Waals surface area contributed by atoms with Gasteiger partial charge in [0, 0.05) is 27.1 Å². The van der Waals surface area contributed by atoms with Gasteiger partial charge in [-0.15, -0.1) is 0 Å². The van der Waals surface area contributed by atoms with Crippen LogP contribution in [0.1, 0.15) is 39.0 Å². The SMILES string of the molecule is CCCC(CCN)CCC(=O)N(C)CC(O)COC. The number of carbonyl (C=O) groups is 1. The van der Waals surface area contributed by atoms with Gasteiger partial charge < -0.3 is 20.5 Å². The molecule has 1 amide bonds. The molecule has 0 radical (unpaired) electrons. The second-order valence-electron chi connectivity index (χ2n) is 5.15. The van der Waals surface area contributed by atoms with Crippen molar-refractivity contribution in [1.29, 1.82) is 0 Å². The van der Waals surface area contributed by atoms with Crippen LogP contribution in [0, 0.1) is 5.92 Å². The fourth-order valence-corrected chi connectivity index (χ4v) is 2.26. The van der Waals surface area contributed by atoms with Crippen molar-refractivity contribution in [1.82, 2.24) is 4.90 Å². The Morgan fingerprint density at radius 3 is 2.58 bits per heavy atom. The van der Waals surface area contributed by atoms with Gasteiger partial charge in [-0.25, -0.2) is 0 Å². The molecule has 0 aromatic heterocycles. The number of methoxy groups -OCH3 is 1. The molecule has 0 bridgehead atoms. The molecule has 0 heterocycles. The molecule has 0 rings (SSSR count). The molecule has 0 aromatic carbocycles. The van der Waals surface area contributed by atoms with E-state index in [9.17, 15) is 9.90 Å². The number of amides is 1. The maximum atomic E-state index is 11.9. The van der Waals surface area contributed by atoms with Gasteiger partial charge in [-0.2, -0.15) is 0 Å². The van der Waals surface area contributed by atoms with Crippen molar-refractivity contribution in [3.05, 3.63) is 0 Å². The third-order valence-electron chi connectivity index (χ3n) is 3.31. The van der Waals surface area contributed by atoms with Crippen molar-refractivity contribution in [3.63, 3.8) is 0 Å². The summed E-state index contributed by atoms with van der Waals surface area (Å²) in [5.41, 5.74) is 5.58. The number of aliphatic hydroxyl groups excluding tert-OH is 1. The summed E-state index contributed by atoms with van der Waals surface area (Å²) < 4.78 is 4.84. The average Bonchev–Trinajstić information content (AvgIpc) is 2.36. The van der Waals surface area contributed by atoms with E-state index in [-0.39, 0.29) is 12.5 Å². The zero-order valence-corrected chi connectivity index (χ0v) is 12.6. The van der Waals surface area contributed by atoms with E-state index in [0.717, 1.165) is 25.7 Å². The summed E-state index contributed by atoms with van der Waals surface area (Å²) in [5.74, 6) is 0.615. The topological polar surface area (TPSA) is 75.8 Å². The number of nitrogens with zero attached hydrogens (tertiary/aromatic N) is 1. The summed E-state index contributed by atoms with van der Waals surface area (Å²) in [4.78, 5) is 13.5. The third-order valence-corrected chi connectivity index (χ3v) is 3.31. The molecular formula is C14H30N2O3. The van der Waals surface area contributed by atoms with Crippen LogP contribution in [-0.4, -0.2) is 55.9 Å². The number of hydrogen-bond acceptors (Lipinski definition) is 4. The lowest BCUT2D eigenvalue weighted by Gasteiger charge is -2.22. The molecule has 0 saturated heterocycles. The molecular weight excluding hydrogens is 244 g/mol. The lowest BCUT2D eigenvalue weighted by molar-refractivity contribution is -0.131. The first-order chi connectivity index (χ1) is 9.04.